The lowest BCUT2D eigenvalue weighted by Gasteiger charge is -2.31. The van der Waals surface area contributed by atoms with Gasteiger partial charge in [0.1, 0.15) is 0 Å². The Morgan fingerprint density at radius 1 is 1.04 bits per heavy atom. The lowest BCUT2D eigenvalue weighted by Crippen LogP contribution is -2.37. The first-order valence-electron chi connectivity index (χ1n) is 8.91. The molecule has 0 spiro atoms. The SMILES string of the molecule is CCNCC(C)(CC)COCC(C)(C)CC(=O)NCCOCC. The van der Waals surface area contributed by atoms with Crippen molar-refractivity contribution in [3.63, 3.8) is 0 Å². The van der Waals surface area contributed by atoms with Crippen molar-refractivity contribution in [3.8, 4) is 0 Å². The fourth-order valence-corrected chi connectivity index (χ4v) is 2.23. The molecule has 0 saturated carbocycles. The highest BCUT2D eigenvalue weighted by molar-refractivity contribution is 5.76. The molecule has 0 aromatic rings. The smallest absolute Gasteiger partial charge is 0.220 e. The molecule has 1 unspecified atom stereocenters. The van der Waals surface area contributed by atoms with Gasteiger partial charge in [-0.15, -0.1) is 0 Å². The van der Waals surface area contributed by atoms with Crippen molar-refractivity contribution in [3.05, 3.63) is 0 Å². The molecule has 0 aliphatic heterocycles. The second kappa shape index (κ2) is 11.8. The van der Waals surface area contributed by atoms with Crippen LogP contribution in [0.2, 0.25) is 0 Å². The summed E-state index contributed by atoms with van der Waals surface area (Å²) in [5.74, 6) is 0.0594. The predicted octanol–water partition coefficient (Wildman–Crippen LogP) is 2.60. The summed E-state index contributed by atoms with van der Waals surface area (Å²) in [6.45, 7) is 17.7. The molecule has 0 aliphatic carbocycles. The van der Waals surface area contributed by atoms with E-state index in [2.05, 4.69) is 45.3 Å². The van der Waals surface area contributed by atoms with E-state index in [-0.39, 0.29) is 16.7 Å². The summed E-state index contributed by atoms with van der Waals surface area (Å²) in [6.07, 6.45) is 1.54. The van der Waals surface area contributed by atoms with Crippen LogP contribution in [0.3, 0.4) is 0 Å². The Hall–Kier alpha value is -0.650. The molecule has 1 amide bonds. The van der Waals surface area contributed by atoms with E-state index >= 15 is 0 Å². The molecule has 1 atom stereocenters. The van der Waals surface area contributed by atoms with Gasteiger partial charge in [-0.3, -0.25) is 4.79 Å². The highest BCUT2D eigenvalue weighted by Crippen LogP contribution is 2.24. The number of ether oxygens (including phenoxy) is 2. The molecule has 0 bridgehead atoms. The molecule has 5 nitrogen and oxygen atoms in total. The van der Waals surface area contributed by atoms with Gasteiger partial charge in [-0.05, 0) is 25.3 Å². The topological polar surface area (TPSA) is 59.6 Å². The van der Waals surface area contributed by atoms with E-state index < -0.39 is 0 Å². The maximum absolute atomic E-state index is 11.9. The van der Waals surface area contributed by atoms with Crippen molar-refractivity contribution in [2.75, 3.05) is 46.1 Å². The highest BCUT2D eigenvalue weighted by Gasteiger charge is 2.26. The number of carbonyl (C=O) groups excluding carboxylic acids is 1. The van der Waals surface area contributed by atoms with Crippen molar-refractivity contribution in [2.24, 2.45) is 10.8 Å². The Balaban J connectivity index is 4.08. The van der Waals surface area contributed by atoms with Gasteiger partial charge >= 0.3 is 0 Å². The highest BCUT2D eigenvalue weighted by atomic mass is 16.5. The molecular weight excluding hydrogens is 292 g/mol. The Labute approximate surface area is 142 Å². The summed E-state index contributed by atoms with van der Waals surface area (Å²) < 4.78 is 11.2. The number of nitrogens with one attached hydrogen (secondary N) is 2. The molecule has 0 saturated heterocycles. The number of hydrogen-bond donors (Lipinski definition) is 2. The first kappa shape index (κ1) is 22.4. The average molecular weight is 331 g/mol. The summed E-state index contributed by atoms with van der Waals surface area (Å²) in [7, 11) is 0. The van der Waals surface area contributed by atoms with Crippen LogP contribution in [0.4, 0.5) is 0 Å². The first-order chi connectivity index (χ1) is 10.8. The summed E-state index contributed by atoms with van der Waals surface area (Å²) >= 11 is 0. The fraction of sp³-hybridized carbons (Fsp3) is 0.944. The minimum absolute atomic E-state index is 0.0594. The quantitative estimate of drug-likeness (QED) is 0.481. The molecule has 0 rings (SSSR count). The van der Waals surface area contributed by atoms with E-state index in [4.69, 9.17) is 9.47 Å². The maximum atomic E-state index is 11.9. The molecule has 0 aromatic carbocycles. The van der Waals surface area contributed by atoms with Crippen molar-refractivity contribution in [2.45, 2.75) is 54.4 Å². The van der Waals surface area contributed by atoms with Gasteiger partial charge in [0.05, 0.1) is 19.8 Å². The van der Waals surface area contributed by atoms with E-state index in [1.807, 2.05) is 6.92 Å². The molecule has 2 N–H and O–H groups in total. The van der Waals surface area contributed by atoms with E-state index in [1.54, 1.807) is 0 Å². The predicted molar refractivity (Wildman–Crippen MR) is 95.7 cm³/mol. The van der Waals surface area contributed by atoms with Crippen LogP contribution in [-0.4, -0.2) is 52.0 Å². The van der Waals surface area contributed by atoms with Gasteiger partial charge in [0, 0.05) is 31.5 Å². The molecule has 138 valence electrons. The summed E-state index contributed by atoms with van der Waals surface area (Å²) in [5.41, 5.74) is -0.0195. The van der Waals surface area contributed by atoms with E-state index in [1.165, 1.54) is 0 Å². The van der Waals surface area contributed by atoms with Crippen LogP contribution in [0.1, 0.15) is 54.4 Å². The van der Waals surface area contributed by atoms with Gasteiger partial charge in [-0.25, -0.2) is 0 Å². The lowest BCUT2D eigenvalue weighted by molar-refractivity contribution is -0.124. The molecule has 0 aliphatic rings. The van der Waals surface area contributed by atoms with Crippen LogP contribution < -0.4 is 10.6 Å². The number of hydrogen-bond acceptors (Lipinski definition) is 4. The van der Waals surface area contributed by atoms with Crippen molar-refractivity contribution in [1.82, 2.24) is 10.6 Å². The van der Waals surface area contributed by atoms with Gasteiger partial charge in [0.15, 0.2) is 0 Å². The average Bonchev–Trinajstić information content (AvgIpc) is 2.49. The second-order valence-electron chi connectivity index (χ2n) is 7.33. The Morgan fingerprint density at radius 2 is 1.74 bits per heavy atom. The van der Waals surface area contributed by atoms with Crippen molar-refractivity contribution < 1.29 is 14.3 Å². The van der Waals surface area contributed by atoms with Crippen LogP contribution in [-0.2, 0) is 14.3 Å². The zero-order valence-corrected chi connectivity index (χ0v) is 16.1. The van der Waals surface area contributed by atoms with Gasteiger partial charge < -0.3 is 20.1 Å². The standard InChI is InChI=1S/C18H38N2O3/c1-7-18(6,13-19-8-2)15-23-14-17(4,5)12-16(21)20-10-11-22-9-3/h19H,7-15H2,1-6H3,(H,20,21). The molecule has 23 heavy (non-hydrogen) atoms. The van der Waals surface area contributed by atoms with E-state index in [0.717, 1.165) is 19.5 Å². The van der Waals surface area contributed by atoms with Crippen LogP contribution in [0.25, 0.3) is 0 Å². The second-order valence-corrected chi connectivity index (χ2v) is 7.33. The van der Waals surface area contributed by atoms with E-state index in [9.17, 15) is 4.79 Å². The molecule has 0 fully saturated rings. The normalized spacial score (nSPS) is 14.5. The molecule has 0 radical (unpaired) electrons. The Kier molecular flexibility index (Phi) is 11.5. The summed E-state index contributed by atoms with van der Waals surface area (Å²) in [4.78, 5) is 11.9. The third-order valence-corrected chi connectivity index (χ3v) is 4.01. The molecule has 0 aromatic heterocycles. The van der Waals surface area contributed by atoms with Crippen LogP contribution >= 0.6 is 0 Å². The summed E-state index contributed by atoms with van der Waals surface area (Å²) in [6, 6.07) is 0. The monoisotopic (exact) mass is 330 g/mol. The Morgan fingerprint density at radius 3 is 2.30 bits per heavy atom. The van der Waals surface area contributed by atoms with E-state index in [0.29, 0.717) is 39.4 Å². The number of rotatable bonds is 14. The van der Waals surface area contributed by atoms with Crippen molar-refractivity contribution in [1.29, 1.82) is 0 Å². The van der Waals surface area contributed by atoms with Gasteiger partial charge in [-0.2, -0.15) is 0 Å². The third kappa shape index (κ3) is 11.5. The number of amides is 1. The molecule has 0 heterocycles. The third-order valence-electron chi connectivity index (χ3n) is 4.01. The summed E-state index contributed by atoms with van der Waals surface area (Å²) in [5, 5.41) is 6.29. The first-order valence-corrected chi connectivity index (χ1v) is 8.91. The maximum Gasteiger partial charge on any atom is 0.220 e. The lowest BCUT2D eigenvalue weighted by atomic mass is 9.87. The largest absolute Gasteiger partial charge is 0.380 e. The molecule has 5 heteroatoms. The number of carbonyl (C=O) groups is 1. The van der Waals surface area contributed by atoms with Crippen molar-refractivity contribution >= 4 is 5.91 Å². The van der Waals surface area contributed by atoms with Gasteiger partial charge in [0.2, 0.25) is 5.91 Å². The molecular formula is C18H38N2O3. The zero-order valence-electron chi connectivity index (χ0n) is 16.1. The van der Waals surface area contributed by atoms with Crippen LogP contribution in [0.15, 0.2) is 0 Å². The fourth-order valence-electron chi connectivity index (χ4n) is 2.23. The minimum atomic E-state index is -0.164. The van der Waals surface area contributed by atoms with Gasteiger partial charge in [0.25, 0.3) is 0 Å². The minimum Gasteiger partial charge on any atom is -0.380 e. The van der Waals surface area contributed by atoms with Gasteiger partial charge in [-0.1, -0.05) is 34.6 Å². The Bertz CT molecular complexity index is 321. The van der Waals surface area contributed by atoms with Crippen LogP contribution in [0.5, 0.6) is 0 Å². The van der Waals surface area contributed by atoms with Crippen LogP contribution in [0, 0.1) is 10.8 Å². The zero-order chi connectivity index (χ0) is 17.8.